The number of rotatable bonds is 5. The normalized spacial score (nSPS) is 10.3. The summed E-state index contributed by atoms with van der Waals surface area (Å²) in [5, 5.41) is 3.19. The average Bonchev–Trinajstić information content (AvgIpc) is 2.40. The van der Waals surface area contributed by atoms with E-state index in [4.69, 9.17) is 22.1 Å². The SMILES string of the molecule is CCCOc1cc(N)cc(Nc2ccc(F)c(Cl)c2)c1. The maximum absolute atomic E-state index is 13.1. The molecule has 20 heavy (non-hydrogen) atoms. The van der Waals surface area contributed by atoms with Crippen molar-refractivity contribution in [2.45, 2.75) is 13.3 Å². The van der Waals surface area contributed by atoms with Crippen LogP contribution >= 0.6 is 11.6 Å². The molecule has 0 spiro atoms. The molecule has 0 aromatic heterocycles. The van der Waals surface area contributed by atoms with Crippen LogP contribution in [0.15, 0.2) is 36.4 Å². The average molecular weight is 295 g/mol. The Kier molecular flexibility index (Phi) is 4.69. The van der Waals surface area contributed by atoms with E-state index in [1.807, 2.05) is 13.0 Å². The van der Waals surface area contributed by atoms with Gasteiger partial charge in [-0.25, -0.2) is 4.39 Å². The highest BCUT2D eigenvalue weighted by Gasteiger charge is 2.04. The van der Waals surface area contributed by atoms with Gasteiger partial charge >= 0.3 is 0 Å². The van der Waals surface area contributed by atoms with Crippen molar-refractivity contribution in [1.82, 2.24) is 0 Å². The molecule has 2 aromatic rings. The molecule has 0 heterocycles. The fraction of sp³-hybridized carbons (Fsp3) is 0.200. The van der Waals surface area contributed by atoms with Crippen molar-refractivity contribution in [2.75, 3.05) is 17.7 Å². The first-order valence-corrected chi connectivity index (χ1v) is 6.71. The van der Waals surface area contributed by atoms with Gasteiger partial charge in [0, 0.05) is 29.2 Å². The first-order chi connectivity index (χ1) is 9.58. The number of halogens is 2. The highest BCUT2D eigenvalue weighted by molar-refractivity contribution is 6.31. The van der Waals surface area contributed by atoms with Crippen LogP contribution in [0.1, 0.15) is 13.3 Å². The van der Waals surface area contributed by atoms with Crippen molar-refractivity contribution in [2.24, 2.45) is 0 Å². The zero-order valence-electron chi connectivity index (χ0n) is 11.1. The molecule has 2 aromatic carbocycles. The molecule has 0 atom stereocenters. The van der Waals surface area contributed by atoms with Crippen LogP contribution in [0.2, 0.25) is 5.02 Å². The molecular formula is C15H16ClFN2O. The molecule has 5 heteroatoms. The summed E-state index contributed by atoms with van der Waals surface area (Å²) < 4.78 is 18.7. The second kappa shape index (κ2) is 6.48. The Balaban J connectivity index is 2.19. The van der Waals surface area contributed by atoms with E-state index in [9.17, 15) is 4.39 Å². The van der Waals surface area contributed by atoms with Crippen LogP contribution < -0.4 is 15.8 Å². The lowest BCUT2D eigenvalue weighted by molar-refractivity contribution is 0.318. The standard InChI is InChI=1S/C15H16ClFN2O/c1-2-5-20-13-7-10(18)6-12(8-13)19-11-3-4-15(17)14(16)9-11/h3-4,6-9,19H,2,5,18H2,1H3. The number of hydrogen-bond donors (Lipinski definition) is 2. The lowest BCUT2D eigenvalue weighted by Gasteiger charge is -2.11. The van der Waals surface area contributed by atoms with Crippen LogP contribution in [0.5, 0.6) is 5.75 Å². The summed E-state index contributed by atoms with van der Waals surface area (Å²) >= 11 is 5.75. The van der Waals surface area contributed by atoms with E-state index in [0.29, 0.717) is 23.7 Å². The van der Waals surface area contributed by atoms with Gasteiger partial charge in [-0.3, -0.25) is 0 Å². The molecule has 2 rings (SSSR count). The Labute approximate surface area is 122 Å². The van der Waals surface area contributed by atoms with Gasteiger partial charge < -0.3 is 15.8 Å². The summed E-state index contributed by atoms with van der Waals surface area (Å²) in [5.41, 5.74) is 7.87. The van der Waals surface area contributed by atoms with Gasteiger partial charge in [-0.2, -0.15) is 0 Å². The quantitative estimate of drug-likeness (QED) is 0.793. The molecule has 0 aliphatic carbocycles. The second-order valence-corrected chi connectivity index (χ2v) is 4.80. The van der Waals surface area contributed by atoms with Gasteiger partial charge in [0.2, 0.25) is 0 Å². The van der Waals surface area contributed by atoms with Gasteiger partial charge in [-0.15, -0.1) is 0 Å². The van der Waals surface area contributed by atoms with Gasteiger partial charge in [0.1, 0.15) is 11.6 Å². The first kappa shape index (κ1) is 14.5. The van der Waals surface area contributed by atoms with E-state index >= 15 is 0 Å². The Bertz CT molecular complexity index is 604. The highest BCUT2D eigenvalue weighted by Crippen LogP contribution is 2.27. The highest BCUT2D eigenvalue weighted by atomic mass is 35.5. The van der Waals surface area contributed by atoms with Crippen LogP contribution in [0.4, 0.5) is 21.5 Å². The third kappa shape index (κ3) is 3.78. The summed E-state index contributed by atoms with van der Waals surface area (Å²) in [4.78, 5) is 0. The maximum atomic E-state index is 13.1. The number of nitrogens with two attached hydrogens (primary N) is 1. The molecule has 3 nitrogen and oxygen atoms in total. The number of ether oxygens (including phenoxy) is 1. The van der Waals surface area contributed by atoms with Gasteiger partial charge in [-0.05, 0) is 30.7 Å². The van der Waals surface area contributed by atoms with E-state index in [1.165, 1.54) is 12.1 Å². The molecule has 0 unspecified atom stereocenters. The Hall–Kier alpha value is -1.94. The molecule has 0 fully saturated rings. The lowest BCUT2D eigenvalue weighted by Crippen LogP contribution is -1.98. The molecule has 0 amide bonds. The fourth-order valence-electron chi connectivity index (χ4n) is 1.74. The van der Waals surface area contributed by atoms with Gasteiger partial charge in [-0.1, -0.05) is 18.5 Å². The number of nitrogens with one attached hydrogen (secondary N) is 1. The van der Waals surface area contributed by atoms with Crippen LogP contribution in [0.25, 0.3) is 0 Å². The minimum Gasteiger partial charge on any atom is -0.493 e. The number of anilines is 3. The number of hydrogen-bond acceptors (Lipinski definition) is 3. The monoisotopic (exact) mass is 294 g/mol. The fourth-order valence-corrected chi connectivity index (χ4v) is 1.92. The lowest BCUT2D eigenvalue weighted by atomic mass is 10.2. The Morgan fingerprint density at radius 2 is 2.00 bits per heavy atom. The molecule has 0 radical (unpaired) electrons. The summed E-state index contributed by atoms with van der Waals surface area (Å²) in [6.45, 7) is 2.66. The van der Waals surface area contributed by atoms with Crippen LogP contribution in [-0.2, 0) is 0 Å². The molecule has 0 aliphatic heterocycles. The first-order valence-electron chi connectivity index (χ1n) is 6.34. The Morgan fingerprint density at radius 3 is 2.70 bits per heavy atom. The minimum absolute atomic E-state index is 0.0707. The van der Waals surface area contributed by atoms with Crippen LogP contribution in [0.3, 0.4) is 0 Å². The van der Waals surface area contributed by atoms with Crippen molar-refractivity contribution < 1.29 is 9.13 Å². The zero-order chi connectivity index (χ0) is 14.5. The summed E-state index contributed by atoms with van der Waals surface area (Å²) in [6, 6.07) is 9.81. The predicted molar refractivity (Wildman–Crippen MR) is 81.3 cm³/mol. The van der Waals surface area contributed by atoms with Gasteiger partial charge in [0.05, 0.1) is 11.6 Å². The van der Waals surface area contributed by atoms with E-state index in [1.54, 1.807) is 18.2 Å². The molecule has 0 saturated carbocycles. The van der Waals surface area contributed by atoms with Crippen molar-refractivity contribution in [1.29, 1.82) is 0 Å². The number of nitrogen functional groups attached to an aromatic ring is 1. The van der Waals surface area contributed by atoms with Crippen LogP contribution in [0, 0.1) is 5.82 Å². The largest absolute Gasteiger partial charge is 0.493 e. The van der Waals surface area contributed by atoms with Crippen LogP contribution in [-0.4, -0.2) is 6.61 Å². The smallest absolute Gasteiger partial charge is 0.141 e. The van der Waals surface area contributed by atoms with E-state index in [0.717, 1.165) is 12.1 Å². The second-order valence-electron chi connectivity index (χ2n) is 4.39. The Morgan fingerprint density at radius 1 is 1.20 bits per heavy atom. The molecular weight excluding hydrogens is 279 g/mol. The van der Waals surface area contributed by atoms with Crippen molar-refractivity contribution >= 4 is 28.7 Å². The van der Waals surface area contributed by atoms with E-state index < -0.39 is 5.82 Å². The summed E-state index contributed by atoms with van der Waals surface area (Å²) in [7, 11) is 0. The third-order valence-corrected chi connectivity index (χ3v) is 2.90. The molecule has 0 bridgehead atoms. The molecule has 106 valence electrons. The summed E-state index contributed by atoms with van der Waals surface area (Å²) in [5.74, 6) is 0.249. The van der Waals surface area contributed by atoms with Gasteiger partial charge in [0.15, 0.2) is 0 Å². The van der Waals surface area contributed by atoms with Crippen molar-refractivity contribution in [3.63, 3.8) is 0 Å². The third-order valence-electron chi connectivity index (χ3n) is 2.61. The summed E-state index contributed by atoms with van der Waals surface area (Å²) in [6.07, 6.45) is 0.922. The van der Waals surface area contributed by atoms with Gasteiger partial charge in [0.25, 0.3) is 0 Å². The van der Waals surface area contributed by atoms with E-state index in [2.05, 4.69) is 5.32 Å². The molecule has 3 N–H and O–H groups in total. The van der Waals surface area contributed by atoms with Crippen molar-refractivity contribution in [3.05, 3.63) is 47.2 Å². The topological polar surface area (TPSA) is 47.3 Å². The zero-order valence-corrected chi connectivity index (χ0v) is 11.9. The minimum atomic E-state index is -0.447. The number of benzene rings is 2. The molecule has 0 aliphatic rings. The predicted octanol–water partition coefficient (Wildman–Crippen LogP) is 4.59. The van der Waals surface area contributed by atoms with E-state index in [-0.39, 0.29) is 5.02 Å². The molecule has 0 saturated heterocycles. The van der Waals surface area contributed by atoms with Crippen molar-refractivity contribution in [3.8, 4) is 5.75 Å². The maximum Gasteiger partial charge on any atom is 0.141 e.